The minimum Gasteiger partial charge on any atom is -0.415 e. The number of rotatable bonds is 13. The smallest absolute Gasteiger partial charge is 0.184 e. The summed E-state index contributed by atoms with van der Waals surface area (Å²) >= 11 is 0. The summed E-state index contributed by atoms with van der Waals surface area (Å²) in [6.07, 6.45) is 0.873. The van der Waals surface area contributed by atoms with Gasteiger partial charge in [-0.3, -0.25) is 0 Å². The lowest BCUT2D eigenvalue weighted by Crippen LogP contribution is -2.55. The van der Waals surface area contributed by atoms with E-state index in [0.29, 0.717) is 6.61 Å². The van der Waals surface area contributed by atoms with E-state index in [4.69, 9.17) is 22.5 Å². The van der Waals surface area contributed by atoms with Crippen molar-refractivity contribution >= 4 is 39.5 Å². The van der Waals surface area contributed by atoms with Gasteiger partial charge in [-0.15, -0.1) is 0 Å². The zero-order valence-electron chi connectivity index (χ0n) is 20.5. The predicted octanol–water partition coefficient (Wildman–Crippen LogP) is 5.13. The van der Waals surface area contributed by atoms with Gasteiger partial charge in [0.05, 0.1) is 18.9 Å². The first-order valence-corrected chi connectivity index (χ1v) is 23.7. The molecule has 0 bridgehead atoms. The average molecular weight is 468 g/mol. The van der Waals surface area contributed by atoms with Crippen molar-refractivity contribution in [3.63, 3.8) is 0 Å². The first kappa shape index (κ1) is 28.2. The Kier molecular flexibility index (Phi) is 11.1. The van der Waals surface area contributed by atoms with Crippen LogP contribution in [0.25, 0.3) is 0 Å². The molecule has 0 aliphatic carbocycles. The van der Waals surface area contributed by atoms with Crippen LogP contribution in [0.5, 0.6) is 0 Å². The number of nitrogens with zero attached hydrogens (tertiary/aromatic N) is 1. The van der Waals surface area contributed by atoms with E-state index in [9.17, 15) is 0 Å². The van der Waals surface area contributed by atoms with Gasteiger partial charge < -0.3 is 22.5 Å². The summed E-state index contributed by atoms with van der Waals surface area (Å²) in [4.78, 5) is 4.97. The van der Waals surface area contributed by atoms with E-state index in [-0.39, 0.29) is 18.3 Å². The van der Waals surface area contributed by atoms with Gasteiger partial charge in [0.1, 0.15) is 19.3 Å². The molecule has 0 aromatic carbocycles. The maximum atomic E-state index is 6.64. The molecule has 6 nitrogen and oxygen atoms in total. The molecule has 168 valence electrons. The molecule has 0 aromatic heterocycles. The van der Waals surface area contributed by atoms with Gasteiger partial charge in [0.25, 0.3) is 0 Å². The summed E-state index contributed by atoms with van der Waals surface area (Å²) < 4.78 is 26.0. The maximum absolute atomic E-state index is 6.64. The second kappa shape index (κ2) is 11.0. The quantitative estimate of drug-likeness (QED) is 0.213. The van der Waals surface area contributed by atoms with Crippen molar-refractivity contribution in [3.8, 4) is 0 Å². The van der Waals surface area contributed by atoms with Gasteiger partial charge in [0, 0.05) is 0 Å². The third kappa shape index (κ3) is 15.1. The van der Waals surface area contributed by atoms with Gasteiger partial charge >= 0.3 is 0 Å². The molecule has 0 amide bonds. The summed E-state index contributed by atoms with van der Waals surface area (Å²) in [5.74, 6) is 0. The first-order valence-electron chi connectivity index (χ1n) is 10.1. The van der Waals surface area contributed by atoms with Gasteiger partial charge in [-0.1, -0.05) is 5.16 Å². The fourth-order valence-corrected chi connectivity index (χ4v) is 6.34. The largest absolute Gasteiger partial charge is 0.415 e. The third-order valence-corrected chi connectivity index (χ3v) is 7.17. The van der Waals surface area contributed by atoms with Crippen molar-refractivity contribution in [3.05, 3.63) is 0 Å². The van der Waals surface area contributed by atoms with Crippen LogP contribution in [0.15, 0.2) is 5.16 Å². The summed E-state index contributed by atoms with van der Waals surface area (Å²) in [5, 5.41) is 4.03. The molecular formula is C18H45NO5Si4. The van der Waals surface area contributed by atoms with E-state index in [1.165, 1.54) is 0 Å². The molecule has 10 heteroatoms. The van der Waals surface area contributed by atoms with Gasteiger partial charge in [0.15, 0.2) is 33.3 Å². The van der Waals surface area contributed by atoms with Crippen LogP contribution in [-0.4, -0.2) is 71.5 Å². The Morgan fingerprint density at radius 2 is 1.14 bits per heavy atom. The maximum Gasteiger partial charge on any atom is 0.184 e. The highest BCUT2D eigenvalue weighted by Gasteiger charge is 2.40. The number of hydrogen-bond donors (Lipinski definition) is 0. The molecule has 0 radical (unpaired) electrons. The van der Waals surface area contributed by atoms with Gasteiger partial charge in [-0.25, -0.2) is 0 Å². The monoisotopic (exact) mass is 467 g/mol. The minimum atomic E-state index is -1.89. The standard InChI is InChI=1S/C18H45NO5Si4/c1-20-19-14-16(22-26(5,6)7)18(24-28(11,12)13)17(23-27(8,9)10)15-21-25(2,3)4/h14,16-18H,15H2,1-13H3/b19-14-. The van der Waals surface area contributed by atoms with Crippen LogP contribution >= 0.6 is 0 Å². The lowest BCUT2D eigenvalue weighted by Gasteiger charge is -2.41. The molecule has 3 unspecified atom stereocenters. The minimum absolute atomic E-state index is 0.213. The van der Waals surface area contributed by atoms with Crippen molar-refractivity contribution < 1.29 is 22.5 Å². The van der Waals surface area contributed by atoms with Crippen molar-refractivity contribution in [2.75, 3.05) is 13.7 Å². The Morgan fingerprint density at radius 3 is 1.50 bits per heavy atom. The normalized spacial score (nSPS) is 17.6. The Bertz CT molecular complexity index is 478. The van der Waals surface area contributed by atoms with E-state index in [1.807, 2.05) is 0 Å². The van der Waals surface area contributed by atoms with E-state index in [1.54, 1.807) is 13.3 Å². The molecule has 0 spiro atoms. The molecule has 3 atom stereocenters. The second-order valence-corrected chi connectivity index (χ2v) is 28.9. The average Bonchev–Trinajstić information content (AvgIpc) is 2.41. The molecule has 0 heterocycles. The summed E-state index contributed by atoms with van der Waals surface area (Å²) in [7, 11) is -5.75. The van der Waals surface area contributed by atoms with Crippen LogP contribution in [-0.2, 0) is 22.5 Å². The summed E-state index contributed by atoms with van der Waals surface area (Å²) in [6, 6.07) is 0. The van der Waals surface area contributed by atoms with E-state index in [0.717, 1.165) is 0 Å². The number of hydrogen-bond acceptors (Lipinski definition) is 6. The van der Waals surface area contributed by atoms with Gasteiger partial charge in [0.2, 0.25) is 0 Å². The highest BCUT2D eigenvalue weighted by Crippen LogP contribution is 2.24. The summed E-state index contributed by atoms with van der Waals surface area (Å²) in [5.41, 5.74) is 0. The molecule has 0 fully saturated rings. The van der Waals surface area contributed by atoms with E-state index < -0.39 is 33.3 Å². The van der Waals surface area contributed by atoms with Crippen molar-refractivity contribution in [1.82, 2.24) is 0 Å². The fraction of sp³-hybridized carbons (Fsp3) is 0.944. The second-order valence-electron chi connectivity index (χ2n) is 11.0. The molecule has 0 aromatic rings. The molecule has 0 saturated heterocycles. The van der Waals surface area contributed by atoms with Crippen LogP contribution in [0.2, 0.25) is 78.6 Å². The van der Waals surface area contributed by atoms with E-state index >= 15 is 0 Å². The SMILES string of the molecule is CO/N=C\C(O[Si](C)(C)C)C(O[Si](C)(C)C)C(CO[Si](C)(C)C)O[Si](C)(C)C. The Morgan fingerprint density at radius 1 is 0.679 bits per heavy atom. The highest BCUT2D eigenvalue weighted by molar-refractivity contribution is 6.71. The lowest BCUT2D eigenvalue weighted by atomic mass is 10.1. The van der Waals surface area contributed by atoms with Crippen LogP contribution in [0.4, 0.5) is 0 Å². The molecule has 0 N–H and O–H groups in total. The molecular weight excluding hydrogens is 423 g/mol. The molecule has 0 aliphatic rings. The third-order valence-electron chi connectivity index (χ3n) is 3.17. The molecule has 0 saturated carbocycles. The molecule has 0 aliphatic heterocycles. The Balaban J connectivity index is 6.01. The fourth-order valence-electron chi connectivity index (χ4n) is 2.46. The topological polar surface area (TPSA) is 58.5 Å². The highest BCUT2D eigenvalue weighted by atomic mass is 28.4. The van der Waals surface area contributed by atoms with Gasteiger partial charge in [-0.2, -0.15) is 0 Å². The zero-order valence-corrected chi connectivity index (χ0v) is 24.5. The first-order chi connectivity index (χ1) is 12.3. The molecule has 0 rings (SSSR count). The number of oxime groups is 1. The van der Waals surface area contributed by atoms with Crippen LogP contribution < -0.4 is 0 Å². The van der Waals surface area contributed by atoms with Crippen LogP contribution in [0, 0.1) is 0 Å². The van der Waals surface area contributed by atoms with E-state index in [2.05, 4.69) is 83.7 Å². The zero-order chi connectivity index (χ0) is 22.4. The van der Waals surface area contributed by atoms with Crippen LogP contribution in [0.3, 0.4) is 0 Å². The Hall–Kier alpha value is 0.178. The Labute approximate surface area is 177 Å². The van der Waals surface area contributed by atoms with Crippen LogP contribution in [0.1, 0.15) is 0 Å². The van der Waals surface area contributed by atoms with Crippen molar-refractivity contribution in [2.24, 2.45) is 5.16 Å². The lowest BCUT2D eigenvalue weighted by molar-refractivity contribution is -0.0281. The van der Waals surface area contributed by atoms with Crippen molar-refractivity contribution in [2.45, 2.75) is 96.9 Å². The van der Waals surface area contributed by atoms with Crippen molar-refractivity contribution in [1.29, 1.82) is 0 Å². The predicted molar refractivity (Wildman–Crippen MR) is 129 cm³/mol. The molecule has 28 heavy (non-hydrogen) atoms. The summed E-state index contributed by atoms with van der Waals surface area (Å²) in [6.45, 7) is 26.7. The van der Waals surface area contributed by atoms with Gasteiger partial charge in [-0.05, 0) is 78.6 Å².